The molecule has 8 aromatic rings. The van der Waals surface area contributed by atoms with E-state index in [1.165, 1.54) is 44.2 Å². The van der Waals surface area contributed by atoms with E-state index < -0.39 is 0 Å². The fraction of sp³-hybridized carbons (Fsp3) is 0. The van der Waals surface area contributed by atoms with Gasteiger partial charge in [0.15, 0.2) is 0 Å². The van der Waals surface area contributed by atoms with Gasteiger partial charge in [0.1, 0.15) is 0 Å². The number of para-hydroxylation sites is 1. The van der Waals surface area contributed by atoms with Crippen LogP contribution in [0.3, 0.4) is 0 Å². The SMILES string of the molecule is c1ccc(N(c2cc(-c3ccncc3)cc(-c3ccncc3)c2)c2cccc(-c3ccc4c5c(cccc35)-c3ccccc3-4)c2)cc1. The van der Waals surface area contributed by atoms with Crippen LogP contribution >= 0.6 is 0 Å². The van der Waals surface area contributed by atoms with E-state index in [9.17, 15) is 0 Å². The van der Waals surface area contributed by atoms with E-state index in [0.29, 0.717) is 0 Å². The Morgan fingerprint density at radius 2 is 0.851 bits per heavy atom. The van der Waals surface area contributed by atoms with Crippen molar-refractivity contribution in [3.63, 3.8) is 0 Å². The Hall–Kier alpha value is -6.32. The Balaban J connectivity index is 1.23. The highest BCUT2D eigenvalue weighted by Crippen LogP contribution is 2.49. The van der Waals surface area contributed by atoms with Crippen molar-refractivity contribution in [2.45, 2.75) is 0 Å². The van der Waals surface area contributed by atoms with Crippen LogP contribution in [0.5, 0.6) is 0 Å². The lowest BCUT2D eigenvalue weighted by molar-refractivity contribution is 1.28. The van der Waals surface area contributed by atoms with Crippen LogP contribution in [0, 0.1) is 0 Å². The molecule has 0 unspecified atom stereocenters. The number of fused-ring (bicyclic) bond motifs is 3. The van der Waals surface area contributed by atoms with Gasteiger partial charge in [-0.25, -0.2) is 0 Å². The van der Waals surface area contributed by atoms with Gasteiger partial charge in [0.05, 0.1) is 0 Å². The molecule has 0 bridgehead atoms. The third kappa shape index (κ3) is 4.68. The van der Waals surface area contributed by atoms with Gasteiger partial charge >= 0.3 is 0 Å². The maximum absolute atomic E-state index is 4.27. The van der Waals surface area contributed by atoms with E-state index in [1.807, 2.05) is 24.8 Å². The number of rotatable bonds is 6. The average Bonchev–Trinajstić information content (AvgIpc) is 3.48. The summed E-state index contributed by atoms with van der Waals surface area (Å²) in [5.41, 5.74) is 15.4. The van der Waals surface area contributed by atoms with Crippen molar-refractivity contribution < 1.29 is 0 Å². The summed E-state index contributed by atoms with van der Waals surface area (Å²) in [6, 6.07) is 54.7. The fourth-order valence-electron chi connectivity index (χ4n) is 7.06. The largest absolute Gasteiger partial charge is 0.310 e. The van der Waals surface area contributed by atoms with Crippen LogP contribution in [0.1, 0.15) is 0 Å². The molecule has 0 fully saturated rings. The van der Waals surface area contributed by atoms with E-state index in [-0.39, 0.29) is 0 Å². The number of aromatic nitrogens is 2. The van der Waals surface area contributed by atoms with Crippen molar-refractivity contribution in [1.29, 1.82) is 0 Å². The summed E-state index contributed by atoms with van der Waals surface area (Å²) in [4.78, 5) is 10.9. The quantitative estimate of drug-likeness (QED) is 0.190. The maximum Gasteiger partial charge on any atom is 0.0473 e. The van der Waals surface area contributed by atoms with E-state index in [2.05, 4.69) is 167 Å². The molecule has 3 nitrogen and oxygen atoms in total. The molecular formula is C44H29N3. The van der Waals surface area contributed by atoms with Crippen molar-refractivity contribution in [3.05, 3.63) is 176 Å². The molecule has 220 valence electrons. The van der Waals surface area contributed by atoms with Crippen LogP contribution in [0.25, 0.3) is 66.4 Å². The molecule has 0 N–H and O–H groups in total. The standard InChI is InChI=1S/C44H29N3/c1-2-9-35(10-3-1)47(37-28-33(30-18-22-45-23-19-30)26-34(29-37)31-20-24-46-25-21-31)36-11-6-8-32(27-36)38-16-17-43-40-13-5-4-12-39(40)42-15-7-14-41(38)44(42)43/h1-29H. The highest BCUT2D eigenvalue weighted by molar-refractivity contribution is 6.18. The van der Waals surface area contributed by atoms with Crippen molar-refractivity contribution in [2.24, 2.45) is 0 Å². The van der Waals surface area contributed by atoms with Crippen molar-refractivity contribution in [1.82, 2.24) is 9.97 Å². The molecule has 0 saturated heterocycles. The van der Waals surface area contributed by atoms with Crippen molar-refractivity contribution in [3.8, 4) is 55.6 Å². The molecule has 1 aliphatic carbocycles. The Morgan fingerprint density at radius 1 is 0.319 bits per heavy atom. The van der Waals surface area contributed by atoms with Crippen molar-refractivity contribution in [2.75, 3.05) is 4.90 Å². The van der Waals surface area contributed by atoms with Gasteiger partial charge < -0.3 is 4.90 Å². The topological polar surface area (TPSA) is 29.0 Å². The molecule has 0 saturated carbocycles. The Labute approximate surface area is 274 Å². The molecule has 0 aliphatic heterocycles. The van der Waals surface area contributed by atoms with Crippen LogP contribution < -0.4 is 4.90 Å². The third-order valence-corrected chi connectivity index (χ3v) is 9.18. The first-order valence-electron chi connectivity index (χ1n) is 15.9. The van der Waals surface area contributed by atoms with Gasteiger partial charge in [-0.05, 0) is 133 Å². The summed E-state index contributed by atoms with van der Waals surface area (Å²) < 4.78 is 0. The van der Waals surface area contributed by atoms with Crippen LogP contribution in [0.4, 0.5) is 17.1 Å². The Morgan fingerprint density at radius 3 is 1.53 bits per heavy atom. The van der Waals surface area contributed by atoms with Crippen LogP contribution in [-0.2, 0) is 0 Å². The highest BCUT2D eigenvalue weighted by atomic mass is 15.1. The van der Waals surface area contributed by atoms with E-state index in [0.717, 1.165) is 39.3 Å². The van der Waals surface area contributed by atoms with Gasteiger partial charge in [0, 0.05) is 41.8 Å². The smallest absolute Gasteiger partial charge is 0.0473 e. The molecule has 47 heavy (non-hydrogen) atoms. The molecule has 3 heteroatoms. The number of pyridine rings is 2. The number of nitrogens with zero attached hydrogens (tertiary/aromatic N) is 3. The highest BCUT2D eigenvalue weighted by Gasteiger charge is 2.23. The van der Waals surface area contributed by atoms with Gasteiger partial charge in [-0.1, -0.05) is 84.9 Å². The predicted molar refractivity (Wildman–Crippen MR) is 195 cm³/mol. The van der Waals surface area contributed by atoms with Gasteiger partial charge in [-0.15, -0.1) is 0 Å². The fourth-order valence-corrected chi connectivity index (χ4v) is 7.06. The van der Waals surface area contributed by atoms with Gasteiger partial charge in [0.2, 0.25) is 0 Å². The minimum atomic E-state index is 1.07. The lowest BCUT2D eigenvalue weighted by Gasteiger charge is -2.27. The van der Waals surface area contributed by atoms with Gasteiger partial charge in [0.25, 0.3) is 0 Å². The molecule has 0 atom stereocenters. The summed E-state index contributed by atoms with van der Waals surface area (Å²) in [7, 11) is 0. The van der Waals surface area contributed by atoms with Crippen LogP contribution in [-0.4, -0.2) is 9.97 Å². The first-order valence-corrected chi connectivity index (χ1v) is 15.9. The molecule has 0 spiro atoms. The number of hydrogen-bond acceptors (Lipinski definition) is 3. The Bertz CT molecular complexity index is 2310. The lowest BCUT2D eigenvalue weighted by atomic mass is 9.94. The second-order valence-electron chi connectivity index (χ2n) is 11.9. The van der Waals surface area contributed by atoms with E-state index >= 15 is 0 Å². The molecule has 2 aromatic heterocycles. The first-order chi connectivity index (χ1) is 23.3. The van der Waals surface area contributed by atoms with Crippen LogP contribution in [0.2, 0.25) is 0 Å². The third-order valence-electron chi connectivity index (χ3n) is 9.18. The summed E-state index contributed by atoms with van der Waals surface area (Å²) >= 11 is 0. The summed E-state index contributed by atoms with van der Waals surface area (Å²) in [5.74, 6) is 0. The number of hydrogen-bond donors (Lipinski definition) is 0. The molecule has 0 radical (unpaired) electrons. The van der Waals surface area contributed by atoms with Gasteiger partial charge in [-0.3, -0.25) is 9.97 Å². The molecule has 0 amide bonds. The summed E-state index contributed by atoms with van der Waals surface area (Å²) in [6.45, 7) is 0. The monoisotopic (exact) mass is 599 g/mol. The molecule has 1 aliphatic rings. The Kier molecular flexibility index (Phi) is 6.46. The maximum atomic E-state index is 4.27. The number of anilines is 3. The molecule has 6 aromatic carbocycles. The second-order valence-corrected chi connectivity index (χ2v) is 11.9. The van der Waals surface area contributed by atoms with Crippen LogP contribution in [0.15, 0.2) is 176 Å². The normalized spacial score (nSPS) is 11.4. The minimum Gasteiger partial charge on any atom is -0.310 e. The van der Waals surface area contributed by atoms with Gasteiger partial charge in [-0.2, -0.15) is 0 Å². The molecular weight excluding hydrogens is 571 g/mol. The zero-order chi connectivity index (χ0) is 31.2. The molecule has 9 rings (SSSR count). The van der Waals surface area contributed by atoms with Crippen molar-refractivity contribution >= 4 is 27.8 Å². The summed E-state index contributed by atoms with van der Waals surface area (Å²) in [5, 5.41) is 2.61. The summed E-state index contributed by atoms with van der Waals surface area (Å²) in [6.07, 6.45) is 7.40. The average molecular weight is 600 g/mol. The minimum absolute atomic E-state index is 1.07. The predicted octanol–water partition coefficient (Wildman–Crippen LogP) is 11.7. The number of benzene rings is 6. The zero-order valence-electron chi connectivity index (χ0n) is 25.6. The van der Waals surface area contributed by atoms with E-state index in [1.54, 1.807) is 0 Å². The molecule has 2 heterocycles. The first kappa shape index (κ1) is 27.0. The second kappa shape index (κ2) is 11.2. The lowest BCUT2D eigenvalue weighted by Crippen LogP contribution is -2.10. The van der Waals surface area contributed by atoms with E-state index in [4.69, 9.17) is 0 Å². The zero-order valence-corrected chi connectivity index (χ0v) is 25.6.